The van der Waals surface area contributed by atoms with Gasteiger partial charge in [-0.2, -0.15) is 0 Å². The third-order valence-electron chi connectivity index (χ3n) is 2.05. The number of halogens is 1. The average Bonchev–Trinajstić information content (AvgIpc) is 2.69. The van der Waals surface area contributed by atoms with E-state index in [1.165, 1.54) is 6.08 Å². The van der Waals surface area contributed by atoms with Crippen molar-refractivity contribution in [1.29, 1.82) is 0 Å². The highest BCUT2D eigenvalue weighted by Crippen LogP contribution is 2.20. The molecule has 1 heterocycles. The second kappa shape index (κ2) is 6.83. The third-order valence-corrected chi connectivity index (χ3v) is 3.71. The summed E-state index contributed by atoms with van der Waals surface area (Å²) < 4.78 is 1.01. The van der Waals surface area contributed by atoms with Crippen LogP contribution in [0.25, 0.3) is 6.08 Å². The van der Waals surface area contributed by atoms with Gasteiger partial charge in [0.05, 0.1) is 12.6 Å². The normalized spacial score (nSPS) is 12.9. The Hall–Kier alpha value is -0.650. The summed E-state index contributed by atoms with van der Waals surface area (Å²) in [6.45, 7) is 1.89. The number of hydrogen-bond acceptors (Lipinski definition) is 3. The maximum absolute atomic E-state index is 11.4. The Morgan fingerprint density at radius 3 is 3.00 bits per heavy atom. The van der Waals surface area contributed by atoms with Crippen LogP contribution in [0.4, 0.5) is 0 Å². The molecule has 16 heavy (non-hydrogen) atoms. The van der Waals surface area contributed by atoms with E-state index in [0.29, 0.717) is 0 Å². The van der Waals surface area contributed by atoms with Crippen molar-refractivity contribution in [3.05, 3.63) is 26.9 Å². The van der Waals surface area contributed by atoms with Crippen LogP contribution in [0.5, 0.6) is 0 Å². The van der Waals surface area contributed by atoms with Gasteiger partial charge in [0.25, 0.3) is 0 Å². The Bertz CT molecular complexity index is 372. The number of aliphatic hydroxyl groups is 1. The molecule has 0 saturated carbocycles. The zero-order valence-corrected chi connectivity index (χ0v) is 11.3. The summed E-state index contributed by atoms with van der Waals surface area (Å²) in [7, 11) is 0. The molecule has 2 N–H and O–H groups in total. The molecule has 1 amide bonds. The fourth-order valence-electron chi connectivity index (χ4n) is 1.10. The topological polar surface area (TPSA) is 49.3 Å². The fourth-order valence-corrected chi connectivity index (χ4v) is 2.44. The molecular formula is C11H14BrNO2S. The maximum atomic E-state index is 11.4. The van der Waals surface area contributed by atoms with Crippen LogP contribution < -0.4 is 5.32 Å². The Kier molecular flexibility index (Phi) is 5.73. The van der Waals surface area contributed by atoms with Crippen molar-refractivity contribution in [2.75, 3.05) is 6.61 Å². The predicted octanol–water partition coefficient (Wildman–Crippen LogP) is 2.41. The van der Waals surface area contributed by atoms with E-state index < -0.39 is 0 Å². The summed E-state index contributed by atoms with van der Waals surface area (Å²) in [6.07, 6.45) is 3.96. The second-order valence-electron chi connectivity index (χ2n) is 3.30. The lowest BCUT2D eigenvalue weighted by atomic mass is 10.2. The van der Waals surface area contributed by atoms with E-state index in [2.05, 4.69) is 21.2 Å². The highest BCUT2D eigenvalue weighted by atomic mass is 79.9. The largest absolute Gasteiger partial charge is 0.394 e. The van der Waals surface area contributed by atoms with Crippen molar-refractivity contribution >= 4 is 39.2 Å². The van der Waals surface area contributed by atoms with Gasteiger partial charge in [-0.1, -0.05) is 6.92 Å². The number of nitrogens with one attached hydrogen (secondary N) is 1. The van der Waals surface area contributed by atoms with Crippen LogP contribution in [0.3, 0.4) is 0 Å². The summed E-state index contributed by atoms with van der Waals surface area (Å²) >= 11 is 4.90. The van der Waals surface area contributed by atoms with Gasteiger partial charge < -0.3 is 10.4 Å². The number of hydrogen-bond donors (Lipinski definition) is 2. The zero-order valence-electron chi connectivity index (χ0n) is 8.94. The third kappa shape index (κ3) is 4.47. The minimum Gasteiger partial charge on any atom is -0.394 e. The van der Waals surface area contributed by atoms with Gasteiger partial charge in [-0.3, -0.25) is 4.79 Å². The summed E-state index contributed by atoms with van der Waals surface area (Å²) in [5.41, 5.74) is 0. The van der Waals surface area contributed by atoms with E-state index in [-0.39, 0.29) is 18.6 Å². The molecule has 0 aliphatic carbocycles. The molecule has 0 aliphatic rings. The molecule has 0 aromatic carbocycles. The number of amides is 1. The molecule has 1 atom stereocenters. The van der Waals surface area contributed by atoms with Gasteiger partial charge in [-0.25, -0.2) is 0 Å². The number of thiophene rings is 1. The first-order chi connectivity index (χ1) is 7.65. The van der Waals surface area contributed by atoms with E-state index >= 15 is 0 Å². The van der Waals surface area contributed by atoms with Gasteiger partial charge >= 0.3 is 0 Å². The van der Waals surface area contributed by atoms with Gasteiger partial charge in [-0.15, -0.1) is 11.3 Å². The number of carbonyl (C=O) groups is 1. The fraction of sp³-hybridized carbons (Fsp3) is 0.364. The van der Waals surface area contributed by atoms with Crippen molar-refractivity contribution < 1.29 is 9.90 Å². The Morgan fingerprint density at radius 2 is 2.50 bits per heavy atom. The summed E-state index contributed by atoms with van der Waals surface area (Å²) in [4.78, 5) is 12.4. The van der Waals surface area contributed by atoms with Crippen LogP contribution >= 0.6 is 27.3 Å². The molecule has 1 rings (SSSR count). The van der Waals surface area contributed by atoms with Gasteiger partial charge in [0.15, 0.2) is 0 Å². The lowest BCUT2D eigenvalue weighted by Crippen LogP contribution is -2.35. The van der Waals surface area contributed by atoms with Crippen LogP contribution in [-0.2, 0) is 4.79 Å². The van der Waals surface area contributed by atoms with Crippen molar-refractivity contribution in [3.63, 3.8) is 0 Å². The zero-order chi connectivity index (χ0) is 12.0. The molecule has 0 spiro atoms. The van der Waals surface area contributed by atoms with E-state index in [4.69, 9.17) is 5.11 Å². The minimum atomic E-state index is -0.176. The summed E-state index contributed by atoms with van der Waals surface area (Å²) in [5, 5.41) is 13.6. The number of carbonyl (C=O) groups excluding carboxylic acids is 1. The van der Waals surface area contributed by atoms with Crippen LogP contribution in [0.15, 0.2) is 22.0 Å². The van der Waals surface area contributed by atoms with E-state index in [0.717, 1.165) is 15.8 Å². The molecule has 1 unspecified atom stereocenters. The van der Waals surface area contributed by atoms with E-state index in [1.807, 2.05) is 18.4 Å². The van der Waals surface area contributed by atoms with Gasteiger partial charge in [0, 0.05) is 20.8 Å². The Labute approximate surface area is 107 Å². The summed E-state index contributed by atoms with van der Waals surface area (Å²) in [6, 6.07) is 1.78. The molecule has 1 aromatic rings. The Balaban J connectivity index is 2.48. The maximum Gasteiger partial charge on any atom is 0.244 e. The van der Waals surface area contributed by atoms with E-state index in [9.17, 15) is 4.79 Å². The van der Waals surface area contributed by atoms with Crippen molar-refractivity contribution in [2.24, 2.45) is 0 Å². The lowest BCUT2D eigenvalue weighted by Gasteiger charge is -2.11. The highest BCUT2D eigenvalue weighted by molar-refractivity contribution is 9.10. The number of aliphatic hydroxyl groups excluding tert-OH is 1. The Morgan fingerprint density at radius 1 is 1.75 bits per heavy atom. The lowest BCUT2D eigenvalue weighted by molar-refractivity contribution is -0.117. The molecular weight excluding hydrogens is 290 g/mol. The van der Waals surface area contributed by atoms with E-state index in [1.54, 1.807) is 17.4 Å². The molecule has 3 nitrogen and oxygen atoms in total. The molecule has 0 aliphatic heterocycles. The first kappa shape index (κ1) is 13.4. The molecule has 1 aromatic heterocycles. The SMILES string of the molecule is CCC(CO)NC(=O)/C=C/c1cc(Br)cs1. The van der Waals surface area contributed by atoms with Gasteiger partial charge in [0.1, 0.15) is 0 Å². The monoisotopic (exact) mass is 303 g/mol. The molecule has 88 valence electrons. The smallest absolute Gasteiger partial charge is 0.244 e. The quantitative estimate of drug-likeness (QED) is 0.821. The molecule has 0 saturated heterocycles. The molecule has 0 bridgehead atoms. The minimum absolute atomic E-state index is 0.0272. The number of rotatable bonds is 5. The predicted molar refractivity (Wildman–Crippen MR) is 70.4 cm³/mol. The van der Waals surface area contributed by atoms with Gasteiger partial charge in [0.2, 0.25) is 5.91 Å². The van der Waals surface area contributed by atoms with Crippen LogP contribution in [0, 0.1) is 0 Å². The standard InChI is InChI=1S/C11H14BrNO2S/c1-2-9(6-14)13-11(15)4-3-10-5-8(12)7-16-10/h3-5,7,9,14H,2,6H2,1H3,(H,13,15)/b4-3+. The van der Waals surface area contributed by atoms with Gasteiger partial charge in [-0.05, 0) is 34.5 Å². The van der Waals surface area contributed by atoms with Crippen LogP contribution in [0.1, 0.15) is 18.2 Å². The highest BCUT2D eigenvalue weighted by Gasteiger charge is 2.05. The van der Waals surface area contributed by atoms with Crippen molar-refractivity contribution in [3.8, 4) is 0 Å². The molecule has 0 radical (unpaired) electrons. The second-order valence-corrected chi connectivity index (χ2v) is 5.16. The average molecular weight is 304 g/mol. The van der Waals surface area contributed by atoms with Crippen molar-refractivity contribution in [1.82, 2.24) is 5.32 Å². The van der Waals surface area contributed by atoms with Crippen LogP contribution in [-0.4, -0.2) is 23.7 Å². The molecule has 5 heteroatoms. The summed E-state index contributed by atoms with van der Waals surface area (Å²) in [5.74, 6) is -0.176. The van der Waals surface area contributed by atoms with Crippen LogP contribution in [0.2, 0.25) is 0 Å². The first-order valence-corrected chi connectivity index (χ1v) is 6.66. The van der Waals surface area contributed by atoms with Crippen molar-refractivity contribution in [2.45, 2.75) is 19.4 Å². The molecule has 0 fully saturated rings. The first-order valence-electron chi connectivity index (χ1n) is 4.99.